The highest BCUT2D eigenvalue weighted by atomic mass is 35.5. The van der Waals surface area contributed by atoms with Crippen LogP contribution < -0.4 is 0 Å². The van der Waals surface area contributed by atoms with Crippen molar-refractivity contribution in [2.45, 2.75) is 46.0 Å². The van der Waals surface area contributed by atoms with E-state index in [0.29, 0.717) is 5.41 Å². The van der Waals surface area contributed by atoms with Gasteiger partial charge in [-0.2, -0.15) is 0 Å². The summed E-state index contributed by atoms with van der Waals surface area (Å²) in [6, 6.07) is 0. The van der Waals surface area contributed by atoms with Crippen LogP contribution in [0.5, 0.6) is 0 Å². The Morgan fingerprint density at radius 1 is 1.58 bits per heavy atom. The zero-order valence-electron chi connectivity index (χ0n) is 8.20. The second-order valence-electron chi connectivity index (χ2n) is 4.23. The number of allylic oxidation sites excluding steroid dienone is 2. The van der Waals surface area contributed by atoms with E-state index in [0.717, 1.165) is 5.88 Å². The Morgan fingerprint density at radius 3 is 2.75 bits per heavy atom. The molecule has 0 spiro atoms. The molecule has 0 N–H and O–H groups in total. The first-order chi connectivity index (χ1) is 5.70. The lowest BCUT2D eigenvalue weighted by Crippen LogP contribution is -2.17. The first-order valence-corrected chi connectivity index (χ1v) is 5.47. The summed E-state index contributed by atoms with van der Waals surface area (Å²) in [5.74, 6) is 0.793. The zero-order valence-corrected chi connectivity index (χ0v) is 8.95. The third-order valence-corrected chi connectivity index (χ3v) is 3.61. The van der Waals surface area contributed by atoms with Crippen molar-refractivity contribution in [1.82, 2.24) is 0 Å². The monoisotopic (exact) mass is 186 g/mol. The van der Waals surface area contributed by atoms with Gasteiger partial charge in [-0.1, -0.05) is 25.5 Å². The van der Waals surface area contributed by atoms with Crippen molar-refractivity contribution in [2.75, 3.05) is 5.88 Å². The molecule has 1 aliphatic rings. The number of hydrogen-bond donors (Lipinski definition) is 0. The van der Waals surface area contributed by atoms with Crippen molar-refractivity contribution in [1.29, 1.82) is 0 Å². The summed E-state index contributed by atoms with van der Waals surface area (Å²) in [6.07, 6.45) is 8.77. The Balaban J connectivity index is 2.46. The van der Waals surface area contributed by atoms with Gasteiger partial charge in [0.2, 0.25) is 0 Å². The summed E-state index contributed by atoms with van der Waals surface area (Å²) in [5.41, 5.74) is 1.98. The molecule has 0 radical (unpaired) electrons. The first-order valence-electron chi connectivity index (χ1n) is 4.94. The SMILES string of the molecule is CCC(C)(CCl)CC1=CCCC1. The van der Waals surface area contributed by atoms with Gasteiger partial charge in [-0.05, 0) is 37.5 Å². The largest absolute Gasteiger partial charge is 0.126 e. The average molecular weight is 187 g/mol. The summed E-state index contributed by atoms with van der Waals surface area (Å²) in [4.78, 5) is 0. The maximum Gasteiger partial charge on any atom is 0.0280 e. The lowest BCUT2D eigenvalue weighted by atomic mass is 9.83. The number of hydrogen-bond acceptors (Lipinski definition) is 0. The van der Waals surface area contributed by atoms with Gasteiger partial charge in [0.05, 0.1) is 0 Å². The van der Waals surface area contributed by atoms with Gasteiger partial charge >= 0.3 is 0 Å². The van der Waals surface area contributed by atoms with E-state index in [4.69, 9.17) is 11.6 Å². The number of rotatable bonds is 4. The Kier molecular flexibility index (Phi) is 3.64. The van der Waals surface area contributed by atoms with Crippen LogP contribution in [0.1, 0.15) is 46.0 Å². The molecular weight excluding hydrogens is 168 g/mol. The molecule has 0 heterocycles. The van der Waals surface area contributed by atoms with Crippen LogP contribution in [-0.2, 0) is 0 Å². The minimum atomic E-state index is 0.345. The van der Waals surface area contributed by atoms with Crippen LogP contribution in [-0.4, -0.2) is 5.88 Å². The average Bonchev–Trinajstić information content (AvgIpc) is 2.57. The van der Waals surface area contributed by atoms with E-state index in [2.05, 4.69) is 19.9 Å². The van der Waals surface area contributed by atoms with Crippen molar-refractivity contribution in [3.05, 3.63) is 11.6 Å². The standard InChI is InChI=1S/C11H19Cl/c1-3-11(2,9-12)8-10-6-4-5-7-10/h6H,3-5,7-9H2,1-2H3. The van der Waals surface area contributed by atoms with Gasteiger partial charge in [-0.3, -0.25) is 0 Å². The third-order valence-electron chi connectivity index (χ3n) is 2.97. The normalized spacial score (nSPS) is 22.1. The Morgan fingerprint density at radius 2 is 2.33 bits per heavy atom. The van der Waals surface area contributed by atoms with Crippen LogP contribution in [0, 0.1) is 5.41 Å². The summed E-state index contributed by atoms with van der Waals surface area (Å²) in [7, 11) is 0. The van der Waals surface area contributed by atoms with Crippen molar-refractivity contribution >= 4 is 11.6 Å². The van der Waals surface area contributed by atoms with Crippen molar-refractivity contribution < 1.29 is 0 Å². The molecule has 70 valence electrons. The molecule has 0 amide bonds. The van der Waals surface area contributed by atoms with Crippen LogP contribution in [0.25, 0.3) is 0 Å². The number of alkyl halides is 1. The smallest absolute Gasteiger partial charge is 0.0280 e. The van der Waals surface area contributed by atoms with Gasteiger partial charge in [0.25, 0.3) is 0 Å². The fraction of sp³-hybridized carbons (Fsp3) is 0.818. The van der Waals surface area contributed by atoms with Gasteiger partial charge in [0.15, 0.2) is 0 Å². The predicted molar refractivity (Wildman–Crippen MR) is 55.7 cm³/mol. The lowest BCUT2D eigenvalue weighted by molar-refractivity contribution is 0.352. The summed E-state index contributed by atoms with van der Waals surface area (Å²) >= 11 is 5.96. The molecule has 0 saturated heterocycles. The van der Waals surface area contributed by atoms with Crippen molar-refractivity contribution in [3.63, 3.8) is 0 Å². The highest BCUT2D eigenvalue weighted by Crippen LogP contribution is 2.34. The van der Waals surface area contributed by atoms with E-state index in [9.17, 15) is 0 Å². The molecule has 0 aromatic rings. The van der Waals surface area contributed by atoms with E-state index in [1.165, 1.54) is 32.1 Å². The third kappa shape index (κ3) is 2.52. The molecule has 1 aliphatic carbocycles. The van der Waals surface area contributed by atoms with Crippen LogP contribution in [0.2, 0.25) is 0 Å². The topological polar surface area (TPSA) is 0 Å². The van der Waals surface area contributed by atoms with Crippen molar-refractivity contribution in [3.8, 4) is 0 Å². The zero-order chi connectivity index (χ0) is 9.03. The first kappa shape index (κ1) is 10.1. The highest BCUT2D eigenvalue weighted by molar-refractivity contribution is 6.18. The number of halogens is 1. The Bertz CT molecular complexity index is 166. The van der Waals surface area contributed by atoms with Gasteiger partial charge in [0.1, 0.15) is 0 Å². The van der Waals surface area contributed by atoms with E-state index in [1.807, 2.05) is 0 Å². The van der Waals surface area contributed by atoms with Gasteiger partial charge in [-0.25, -0.2) is 0 Å². The molecule has 0 bridgehead atoms. The maximum absolute atomic E-state index is 5.96. The molecule has 0 aliphatic heterocycles. The second-order valence-corrected chi connectivity index (χ2v) is 4.50. The molecule has 12 heavy (non-hydrogen) atoms. The van der Waals surface area contributed by atoms with Gasteiger partial charge < -0.3 is 0 Å². The molecule has 0 nitrogen and oxygen atoms in total. The van der Waals surface area contributed by atoms with Crippen molar-refractivity contribution in [2.24, 2.45) is 5.41 Å². The van der Waals surface area contributed by atoms with Crippen LogP contribution in [0.3, 0.4) is 0 Å². The molecule has 1 heteroatoms. The fourth-order valence-electron chi connectivity index (χ4n) is 1.71. The van der Waals surface area contributed by atoms with E-state index < -0.39 is 0 Å². The molecule has 1 unspecified atom stereocenters. The minimum absolute atomic E-state index is 0.345. The van der Waals surface area contributed by atoms with Gasteiger partial charge in [0, 0.05) is 5.88 Å². The van der Waals surface area contributed by atoms with E-state index in [1.54, 1.807) is 5.57 Å². The molecule has 0 saturated carbocycles. The fourth-order valence-corrected chi connectivity index (χ4v) is 2.00. The van der Waals surface area contributed by atoms with Crippen LogP contribution in [0.15, 0.2) is 11.6 Å². The van der Waals surface area contributed by atoms with E-state index in [-0.39, 0.29) is 0 Å². The molecule has 1 rings (SSSR count). The molecule has 0 aromatic heterocycles. The predicted octanol–water partition coefficient (Wildman–Crippen LogP) is 4.14. The quantitative estimate of drug-likeness (QED) is 0.457. The molecule has 1 atom stereocenters. The summed E-state index contributed by atoms with van der Waals surface area (Å²) in [5, 5.41) is 0. The molecule has 0 fully saturated rings. The summed E-state index contributed by atoms with van der Waals surface area (Å²) in [6.45, 7) is 4.52. The molecule has 0 aromatic carbocycles. The second kappa shape index (κ2) is 4.32. The lowest BCUT2D eigenvalue weighted by Gasteiger charge is -2.25. The molecular formula is C11H19Cl. The van der Waals surface area contributed by atoms with E-state index >= 15 is 0 Å². The minimum Gasteiger partial charge on any atom is -0.126 e. The Labute approximate surface area is 81.0 Å². The highest BCUT2D eigenvalue weighted by Gasteiger charge is 2.23. The van der Waals surface area contributed by atoms with Gasteiger partial charge in [-0.15, -0.1) is 11.6 Å². The Hall–Kier alpha value is 0.0300. The van der Waals surface area contributed by atoms with Crippen LogP contribution in [0.4, 0.5) is 0 Å². The summed E-state index contributed by atoms with van der Waals surface area (Å²) < 4.78 is 0. The maximum atomic E-state index is 5.96. The van der Waals surface area contributed by atoms with Crippen LogP contribution >= 0.6 is 11.6 Å².